The van der Waals surface area contributed by atoms with Gasteiger partial charge in [0.2, 0.25) is 0 Å². The summed E-state index contributed by atoms with van der Waals surface area (Å²) in [6.07, 6.45) is -2.83. The molecule has 0 spiro atoms. The number of halogens is 3. The standard InChI is InChI=1S/C27H28F3N3O4S2/c1-39(34,35)21-6-4-5-19(15-21)20-16-25(38-18-20)23(17-26(31)27(28,29)30)32-22-7-2-3-8-24(22)37-14-11-33-9-12-36-13-10-33/h2-8,15-18H,9-14,31H2,1H3. The van der Waals surface area contributed by atoms with E-state index in [0.717, 1.165) is 25.4 Å². The Balaban J connectivity index is 1.66. The van der Waals surface area contributed by atoms with E-state index in [9.17, 15) is 21.6 Å². The maximum absolute atomic E-state index is 13.4. The molecule has 1 aliphatic rings. The Kier molecular flexibility index (Phi) is 9.11. The number of thiophene rings is 1. The van der Waals surface area contributed by atoms with Gasteiger partial charge in [-0.1, -0.05) is 24.3 Å². The Bertz CT molecular complexity index is 1460. The molecule has 0 amide bonds. The van der Waals surface area contributed by atoms with Crippen LogP contribution in [0.25, 0.3) is 11.1 Å². The van der Waals surface area contributed by atoms with E-state index in [1.807, 2.05) is 0 Å². The summed E-state index contributed by atoms with van der Waals surface area (Å²) in [6, 6.07) is 14.9. The summed E-state index contributed by atoms with van der Waals surface area (Å²) in [4.78, 5) is 7.30. The molecule has 2 aromatic carbocycles. The molecule has 39 heavy (non-hydrogen) atoms. The summed E-state index contributed by atoms with van der Waals surface area (Å²) < 4.78 is 75.4. The second-order valence-corrected chi connectivity index (χ2v) is 11.8. The van der Waals surface area contributed by atoms with Crippen LogP contribution in [0.1, 0.15) is 4.88 Å². The third-order valence-electron chi connectivity index (χ3n) is 5.94. The number of hydrogen-bond acceptors (Lipinski definition) is 8. The van der Waals surface area contributed by atoms with Gasteiger partial charge in [0.05, 0.1) is 28.7 Å². The van der Waals surface area contributed by atoms with Crippen molar-refractivity contribution in [2.24, 2.45) is 10.7 Å². The molecule has 0 radical (unpaired) electrons. The van der Waals surface area contributed by atoms with Gasteiger partial charge in [0.25, 0.3) is 0 Å². The van der Waals surface area contributed by atoms with E-state index >= 15 is 0 Å². The summed E-state index contributed by atoms with van der Waals surface area (Å²) in [5.74, 6) is 0.430. The molecule has 1 aliphatic heterocycles. The molecule has 0 atom stereocenters. The SMILES string of the molecule is CS(=O)(=O)c1cccc(-c2csc(C(C=C(N)C(F)(F)F)=Nc3ccccc3OCCN3CCOCC3)c2)c1. The minimum absolute atomic E-state index is 0.00423. The van der Waals surface area contributed by atoms with Crippen LogP contribution in [0, 0.1) is 0 Å². The number of aliphatic imine (C=N–C) groups is 1. The number of rotatable bonds is 9. The predicted octanol–water partition coefficient (Wildman–Crippen LogP) is 5.06. The molecule has 2 heterocycles. The fourth-order valence-electron chi connectivity index (χ4n) is 3.83. The van der Waals surface area contributed by atoms with Crippen molar-refractivity contribution in [3.05, 3.63) is 76.6 Å². The normalized spacial score (nSPS) is 15.9. The van der Waals surface area contributed by atoms with Crippen molar-refractivity contribution in [3.63, 3.8) is 0 Å². The summed E-state index contributed by atoms with van der Waals surface area (Å²) in [5.41, 5.74) is 5.70. The lowest BCUT2D eigenvalue weighted by molar-refractivity contribution is -0.0925. The zero-order valence-corrected chi connectivity index (χ0v) is 22.8. The molecule has 1 saturated heterocycles. The van der Waals surface area contributed by atoms with Gasteiger partial charge in [-0.15, -0.1) is 11.3 Å². The summed E-state index contributed by atoms with van der Waals surface area (Å²) in [7, 11) is -3.43. The topological polar surface area (TPSA) is 94.2 Å². The van der Waals surface area contributed by atoms with Crippen LogP contribution in [0.5, 0.6) is 5.75 Å². The van der Waals surface area contributed by atoms with Gasteiger partial charge in [-0.05, 0) is 52.9 Å². The zero-order valence-electron chi connectivity index (χ0n) is 21.1. The maximum atomic E-state index is 13.4. The van der Waals surface area contributed by atoms with E-state index < -0.39 is 21.7 Å². The van der Waals surface area contributed by atoms with Gasteiger partial charge >= 0.3 is 6.18 Å². The van der Waals surface area contributed by atoms with Crippen LogP contribution in [0.15, 0.2) is 81.6 Å². The molecule has 0 saturated carbocycles. The van der Waals surface area contributed by atoms with E-state index in [-0.39, 0.29) is 10.6 Å². The molecule has 7 nitrogen and oxygen atoms in total. The highest BCUT2D eigenvalue weighted by Crippen LogP contribution is 2.32. The van der Waals surface area contributed by atoms with Crippen LogP contribution in [-0.2, 0) is 14.6 Å². The van der Waals surface area contributed by atoms with Crippen molar-refractivity contribution in [1.82, 2.24) is 4.90 Å². The van der Waals surface area contributed by atoms with Crippen molar-refractivity contribution >= 4 is 32.6 Å². The van der Waals surface area contributed by atoms with E-state index in [0.29, 0.717) is 53.8 Å². The number of allylic oxidation sites excluding steroid dienone is 2. The van der Waals surface area contributed by atoms with Crippen molar-refractivity contribution < 1.29 is 31.1 Å². The molecule has 0 bridgehead atoms. The van der Waals surface area contributed by atoms with Gasteiger partial charge in [-0.2, -0.15) is 13.2 Å². The molecule has 0 aliphatic carbocycles. The number of sulfone groups is 1. The fourth-order valence-corrected chi connectivity index (χ4v) is 5.37. The van der Waals surface area contributed by atoms with Gasteiger partial charge in [0.15, 0.2) is 9.84 Å². The number of nitrogens with zero attached hydrogens (tertiary/aromatic N) is 2. The van der Waals surface area contributed by atoms with E-state index in [1.165, 1.54) is 23.5 Å². The van der Waals surface area contributed by atoms with E-state index in [2.05, 4.69) is 9.89 Å². The second-order valence-electron chi connectivity index (χ2n) is 8.86. The number of para-hydroxylation sites is 2. The van der Waals surface area contributed by atoms with Crippen molar-refractivity contribution in [2.45, 2.75) is 11.1 Å². The number of hydrogen-bond donors (Lipinski definition) is 1. The monoisotopic (exact) mass is 579 g/mol. The molecule has 1 aromatic heterocycles. The van der Waals surface area contributed by atoms with Crippen LogP contribution in [0.2, 0.25) is 0 Å². The first-order valence-corrected chi connectivity index (χ1v) is 14.8. The average Bonchev–Trinajstić information content (AvgIpc) is 3.39. The Morgan fingerprint density at radius 2 is 1.87 bits per heavy atom. The molecule has 0 unspecified atom stereocenters. The first-order chi connectivity index (χ1) is 18.5. The highest BCUT2D eigenvalue weighted by Gasteiger charge is 2.32. The highest BCUT2D eigenvalue weighted by atomic mass is 32.2. The number of alkyl halides is 3. The van der Waals surface area contributed by atoms with Gasteiger partial charge in [-0.25, -0.2) is 13.4 Å². The molecule has 3 aromatic rings. The largest absolute Gasteiger partial charge is 0.490 e. The van der Waals surface area contributed by atoms with Crippen LogP contribution in [0.4, 0.5) is 18.9 Å². The molecule has 2 N–H and O–H groups in total. The number of nitrogens with two attached hydrogens (primary N) is 1. The van der Waals surface area contributed by atoms with Gasteiger partial charge in [0.1, 0.15) is 23.7 Å². The van der Waals surface area contributed by atoms with Crippen LogP contribution in [0.3, 0.4) is 0 Å². The smallest absolute Gasteiger partial charge is 0.430 e. The first kappa shape index (κ1) is 28.8. The fraction of sp³-hybridized carbons (Fsp3) is 0.296. The zero-order chi connectivity index (χ0) is 28.0. The van der Waals surface area contributed by atoms with Crippen molar-refractivity contribution in [3.8, 4) is 16.9 Å². The summed E-state index contributed by atoms with van der Waals surface area (Å²) in [6.45, 7) is 4.00. The van der Waals surface area contributed by atoms with Crippen molar-refractivity contribution in [2.75, 3.05) is 45.7 Å². The van der Waals surface area contributed by atoms with Crippen LogP contribution in [-0.4, -0.2) is 70.9 Å². The highest BCUT2D eigenvalue weighted by molar-refractivity contribution is 7.90. The lowest BCUT2D eigenvalue weighted by Gasteiger charge is -2.26. The minimum Gasteiger partial charge on any atom is -0.490 e. The predicted molar refractivity (Wildman–Crippen MR) is 147 cm³/mol. The Morgan fingerprint density at radius 1 is 1.13 bits per heavy atom. The number of morpholine rings is 1. The number of ether oxygens (including phenoxy) is 2. The van der Waals surface area contributed by atoms with Crippen molar-refractivity contribution in [1.29, 1.82) is 0 Å². The third-order valence-corrected chi connectivity index (χ3v) is 8.00. The minimum atomic E-state index is -4.74. The molecule has 208 valence electrons. The van der Waals surface area contributed by atoms with Crippen LogP contribution < -0.4 is 10.5 Å². The third kappa shape index (κ3) is 7.91. The Labute approximate surface area is 229 Å². The van der Waals surface area contributed by atoms with E-state index in [1.54, 1.807) is 47.8 Å². The quantitative estimate of drug-likeness (QED) is 0.357. The summed E-state index contributed by atoms with van der Waals surface area (Å²) in [5, 5.41) is 1.73. The number of benzene rings is 2. The van der Waals surface area contributed by atoms with Gasteiger partial charge in [0, 0.05) is 25.9 Å². The molecule has 1 fully saturated rings. The second kappa shape index (κ2) is 12.3. The first-order valence-electron chi connectivity index (χ1n) is 12.0. The lowest BCUT2D eigenvalue weighted by atomic mass is 10.1. The average molecular weight is 580 g/mol. The van der Waals surface area contributed by atoms with Gasteiger partial charge < -0.3 is 15.2 Å². The lowest BCUT2D eigenvalue weighted by Crippen LogP contribution is -2.38. The summed E-state index contributed by atoms with van der Waals surface area (Å²) >= 11 is 1.17. The molecular weight excluding hydrogens is 551 g/mol. The van der Waals surface area contributed by atoms with E-state index in [4.69, 9.17) is 15.2 Å². The van der Waals surface area contributed by atoms with Crippen LogP contribution >= 0.6 is 11.3 Å². The molecular formula is C27H28F3N3O4S2. The molecule has 12 heteroatoms. The molecule has 4 rings (SSSR count). The van der Waals surface area contributed by atoms with Gasteiger partial charge in [-0.3, -0.25) is 4.90 Å². The Hall–Kier alpha value is -3.19. The maximum Gasteiger partial charge on any atom is 0.430 e. The Morgan fingerprint density at radius 3 is 2.59 bits per heavy atom.